The number of rotatable bonds is 5. The van der Waals surface area contributed by atoms with Crippen molar-refractivity contribution in [1.29, 1.82) is 0 Å². The zero-order valence-electron chi connectivity index (χ0n) is 10.7. The fourth-order valence-corrected chi connectivity index (χ4v) is 2.29. The highest BCUT2D eigenvalue weighted by atomic mass is 16.5. The number of anilines is 1. The highest BCUT2D eigenvalue weighted by molar-refractivity contribution is 5.86. The highest BCUT2D eigenvalue weighted by Gasteiger charge is 2.25. The van der Waals surface area contributed by atoms with Crippen molar-refractivity contribution in [3.8, 4) is 0 Å². The number of methoxy groups -OCH3 is 1. The molecule has 0 saturated heterocycles. The van der Waals surface area contributed by atoms with Crippen molar-refractivity contribution >= 4 is 11.6 Å². The first kappa shape index (κ1) is 12.9. The molecule has 0 aromatic heterocycles. The van der Waals surface area contributed by atoms with Gasteiger partial charge < -0.3 is 15.4 Å². The predicted molar refractivity (Wildman–Crippen MR) is 71.8 cm³/mol. The molecular weight excluding hydrogens is 228 g/mol. The molecule has 1 amide bonds. The number of fused-ring (bicyclic) bond motifs is 1. The second-order valence-electron chi connectivity index (χ2n) is 4.49. The van der Waals surface area contributed by atoms with Crippen LogP contribution in [0.5, 0.6) is 0 Å². The molecule has 18 heavy (non-hydrogen) atoms. The van der Waals surface area contributed by atoms with E-state index in [1.807, 2.05) is 24.3 Å². The molecule has 1 aliphatic rings. The monoisotopic (exact) mass is 248 g/mol. The Morgan fingerprint density at radius 2 is 2.33 bits per heavy atom. The molecule has 1 unspecified atom stereocenters. The quantitative estimate of drug-likeness (QED) is 0.780. The third kappa shape index (κ3) is 3.01. The third-order valence-corrected chi connectivity index (χ3v) is 3.23. The molecule has 1 heterocycles. The number of benzene rings is 1. The number of para-hydroxylation sites is 1. The molecule has 0 spiro atoms. The summed E-state index contributed by atoms with van der Waals surface area (Å²) in [7, 11) is 1.67. The van der Waals surface area contributed by atoms with Crippen LogP contribution >= 0.6 is 0 Å². The van der Waals surface area contributed by atoms with E-state index in [4.69, 9.17) is 4.74 Å². The first-order valence-corrected chi connectivity index (χ1v) is 6.42. The largest absolute Gasteiger partial charge is 0.385 e. The number of hydrogen-bond donors (Lipinski definition) is 2. The van der Waals surface area contributed by atoms with E-state index in [-0.39, 0.29) is 11.8 Å². The van der Waals surface area contributed by atoms with Gasteiger partial charge in [0.15, 0.2) is 0 Å². The normalized spacial score (nSPS) is 17.7. The summed E-state index contributed by atoms with van der Waals surface area (Å²) in [6.45, 7) is 2.22. The number of carbonyl (C=O) groups is 1. The minimum Gasteiger partial charge on any atom is -0.385 e. The first-order chi connectivity index (χ1) is 8.83. The molecule has 0 aliphatic carbocycles. The molecule has 0 saturated carbocycles. The van der Waals surface area contributed by atoms with E-state index < -0.39 is 0 Å². The Labute approximate surface area is 108 Å². The van der Waals surface area contributed by atoms with Crippen molar-refractivity contribution in [3.05, 3.63) is 29.8 Å². The first-order valence-electron chi connectivity index (χ1n) is 6.42. The van der Waals surface area contributed by atoms with Gasteiger partial charge in [0.05, 0.1) is 5.92 Å². The molecule has 1 aromatic carbocycles. The molecule has 2 N–H and O–H groups in total. The second-order valence-corrected chi connectivity index (χ2v) is 4.49. The number of hydrogen-bond acceptors (Lipinski definition) is 3. The Bertz CT molecular complexity index is 407. The molecule has 98 valence electrons. The lowest BCUT2D eigenvalue weighted by atomic mass is 9.90. The summed E-state index contributed by atoms with van der Waals surface area (Å²) < 4.78 is 4.96. The van der Waals surface area contributed by atoms with E-state index >= 15 is 0 Å². The molecule has 4 heteroatoms. The summed E-state index contributed by atoms with van der Waals surface area (Å²) in [6.07, 6.45) is 1.71. The van der Waals surface area contributed by atoms with E-state index in [9.17, 15) is 4.79 Å². The van der Waals surface area contributed by atoms with Gasteiger partial charge in [-0.3, -0.25) is 4.79 Å². The van der Waals surface area contributed by atoms with Crippen LogP contribution in [0.25, 0.3) is 0 Å². The second kappa shape index (κ2) is 6.40. The number of amides is 1. The van der Waals surface area contributed by atoms with Crippen LogP contribution in [-0.4, -0.2) is 32.7 Å². The van der Waals surface area contributed by atoms with Gasteiger partial charge in [-0.1, -0.05) is 18.2 Å². The van der Waals surface area contributed by atoms with Crippen molar-refractivity contribution in [3.63, 3.8) is 0 Å². The minimum atomic E-state index is -0.0232. The molecule has 0 bridgehead atoms. The summed E-state index contributed by atoms with van der Waals surface area (Å²) in [5.41, 5.74) is 2.19. The zero-order valence-corrected chi connectivity index (χ0v) is 10.7. The smallest absolute Gasteiger partial charge is 0.227 e. The summed E-state index contributed by atoms with van der Waals surface area (Å²) in [5.74, 6) is 0.102. The van der Waals surface area contributed by atoms with E-state index in [1.165, 1.54) is 0 Å². The van der Waals surface area contributed by atoms with E-state index in [0.29, 0.717) is 13.2 Å². The maximum absolute atomic E-state index is 12.1. The molecule has 0 radical (unpaired) electrons. The van der Waals surface area contributed by atoms with Gasteiger partial charge in [0.25, 0.3) is 0 Å². The van der Waals surface area contributed by atoms with Gasteiger partial charge in [0, 0.05) is 32.5 Å². The van der Waals surface area contributed by atoms with Gasteiger partial charge >= 0.3 is 0 Å². The van der Waals surface area contributed by atoms with Gasteiger partial charge in [0.2, 0.25) is 5.91 Å². The van der Waals surface area contributed by atoms with Crippen LogP contribution in [0.15, 0.2) is 24.3 Å². The molecule has 1 aromatic rings. The molecule has 2 rings (SSSR count). The van der Waals surface area contributed by atoms with Crippen molar-refractivity contribution in [2.45, 2.75) is 18.8 Å². The van der Waals surface area contributed by atoms with Crippen LogP contribution in [0.2, 0.25) is 0 Å². The lowest BCUT2D eigenvalue weighted by molar-refractivity contribution is -0.122. The van der Waals surface area contributed by atoms with Crippen LogP contribution in [0, 0.1) is 0 Å². The fraction of sp³-hybridized carbons (Fsp3) is 0.500. The summed E-state index contributed by atoms with van der Waals surface area (Å²) in [4.78, 5) is 12.1. The Morgan fingerprint density at radius 3 is 3.17 bits per heavy atom. The van der Waals surface area contributed by atoms with Crippen molar-refractivity contribution in [2.75, 3.05) is 32.1 Å². The number of nitrogens with one attached hydrogen (secondary N) is 2. The summed E-state index contributed by atoms with van der Waals surface area (Å²) in [5, 5.41) is 6.31. The third-order valence-electron chi connectivity index (χ3n) is 3.23. The fourth-order valence-electron chi connectivity index (χ4n) is 2.29. The van der Waals surface area contributed by atoms with Crippen molar-refractivity contribution < 1.29 is 9.53 Å². The topological polar surface area (TPSA) is 50.4 Å². The van der Waals surface area contributed by atoms with Gasteiger partial charge in [0.1, 0.15) is 0 Å². The van der Waals surface area contributed by atoms with Gasteiger partial charge in [-0.05, 0) is 24.5 Å². The molecular formula is C14H20N2O2. The molecule has 1 aliphatic heterocycles. The standard InChI is InChI=1S/C14H20N2O2/c1-18-10-4-8-16-14(17)12-7-9-15-13-6-3-2-5-11(12)13/h2-3,5-6,12,15H,4,7-10H2,1H3,(H,16,17). The van der Waals surface area contributed by atoms with Crippen molar-refractivity contribution in [1.82, 2.24) is 5.32 Å². The van der Waals surface area contributed by atoms with Crippen LogP contribution in [0.4, 0.5) is 5.69 Å². The summed E-state index contributed by atoms with van der Waals surface area (Å²) >= 11 is 0. The Balaban J connectivity index is 1.95. The van der Waals surface area contributed by atoms with Crippen LogP contribution in [0.3, 0.4) is 0 Å². The molecule has 4 nitrogen and oxygen atoms in total. The minimum absolute atomic E-state index is 0.0232. The van der Waals surface area contributed by atoms with Crippen molar-refractivity contribution in [2.24, 2.45) is 0 Å². The summed E-state index contributed by atoms with van der Waals surface area (Å²) in [6, 6.07) is 8.03. The molecule has 1 atom stereocenters. The maximum atomic E-state index is 12.1. The van der Waals surface area contributed by atoms with E-state index in [2.05, 4.69) is 10.6 Å². The zero-order chi connectivity index (χ0) is 12.8. The van der Waals surface area contributed by atoms with E-state index in [1.54, 1.807) is 7.11 Å². The van der Waals surface area contributed by atoms with Gasteiger partial charge in [-0.25, -0.2) is 0 Å². The lowest BCUT2D eigenvalue weighted by Crippen LogP contribution is -2.33. The maximum Gasteiger partial charge on any atom is 0.227 e. The average molecular weight is 248 g/mol. The van der Waals surface area contributed by atoms with E-state index in [0.717, 1.165) is 30.6 Å². The van der Waals surface area contributed by atoms with Gasteiger partial charge in [-0.15, -0.1) is 0 Å². The Kier molecular flexibility index (Phi) is 4.59. The van der Waals surface area contributed by atoms with Gasteiger partial charge in [-0.2, -0.15) is 0 Å². The Hall–Kier alpha value is -1.55. The number of carbonyl (C=O) groups excluding carboxylic acids is 1. The molecule has 0 fully saturated rings. The van der Waals surface area contributed by atoms with Crippen LogP contribution in [0.1, 0.15) is 24.3 Å². The van der Waals surface area contributed by atoms with Crippen LogP contribution < -0.4 is 10.6 Å². The SMILES string of the molecule is COCCCNC(=O)C1CCNc2ccccc21. The lowest BCUT2D eigenvalue weighted by Gasteiger charge is -2.25. The predicted octanol–water partition coefficient (Wildman–Crippen LogP) is 1.74. The number of ether oxygens (including phenoxy) is 1. The van der Waals surface area contributed by atoms with Crippen LogP contribution in [-0.2, 0) is 9.53 Å². The average Bonchev–Trinajstić information content (AvgIpc) is 2.43. The Morgan fingerprint density at radius 1 is 1.50 bits per heavy atom. The highest BCUT2D eigenvalue weighted by Crippen LogP contribution is 2.31.